The maximum absolute atomic E-state index is 13.3. The van der Waals surface area contributed by atoms with Crippen LogP contribution in [0.4, 0.5) is 13.2 Å². The van der Waals surface area contributed by atoms with E-state index in [0.29, 0.717) is 17.8 Å². The molecule has 3 rings (SSSR count). The minimum atomic E-state index is -4.40. The van der Waals surface area contributed by atoms with E-state index in [0.717, 1.165) is 22.3 Å². The number of ether oxygens (including phenoxy) is 3. The number of Topliss-reactive ketones (excluding diaryl/α,β-unsaturated/α-hetero) is 1. The van der Waals surface area contributed by atoms with E-state index < -0.39 is 30.5 Å². The summed E-state index contributed by atoms with van der Waals surface area (Å²) < 4.78 is 54.8. The molecule has 0 N–H and O–H groups in total. The second kappa shape index (κ2) is 10.1. The second-order valence-electron chi connectivity index (χ2n) is 9.59. The first-order valence-electron chi connectivity index (χ1n) is 11.8. The number of hydrogen-bond acceptors (Lipinski definition) is 5. The lowest BCUT2D eigenvalue weighted by Gasteiger charge is -2.37. The van der Waals surface area contributed by atoms with Gasteiger partial charge < -0.3 is 14.2 Å². The van der Waals surface area contributed by atoms with E-state index in [4.69, 9.17) is 14.2 Å². The quantitative estimate of drug-likeness (QED) is 0.449. The Morgan fingerprint density at radius 3 is 2.41 bits per heavy atom. The molecule has 188 valence electrons. The zero-order valence-electron chi connectivity index (χ0n) is 20.4. The van der Waals surface area contributed by atoms with Crippen molar-refractivity contribution in [3.05, 3.63) is 40.1 Å². The van der Waals surface area contributed by atoms with Gasteiger partial charge in [-0.15, -0.1) is 0 Å². The van der Waals surface area contributed by atoms with Crippen molar-refractivity contribution in [3.8, 4) is 0 Å². The van der Waals surface area contributed by atoms with Crippen LogP contribution >= 0.6 is 0 Å². The molecule has 1 aliphatic carbocycles. The van der Waals surface area contributed by atoms with Crippen LogP contribution in [0.25, 0.3) is 5.57 Å². The van der Waals surface area contributed by atoms with Gasteiger partial charge in [0, 0.05) is 5.92 Å². The van der Waals surface area contributed by atoms with Gasteiger partial charge in [-0.2, -0.15) is 13.2 Å². The molecule has 1 saturated carbocycles. The Hall–Kier alpha value is -2.35. The molecule has 1 aromatic rings. The molecule has 34 heavy (non-hydrogen) atoms. The monoisotopic (exact) mass is 482 g/mol. The Morgan fingerprint density at radius 2 is 1.85 bits per heavy atom. The van der Waals surface area contributed by atoms with Gasteiger partial charge in [-0.05, 0) is 62.6 Å². The predicted molar refractivity (Wildman–Crippen MR) is 121 cm³/mol. The summed E-state index contributed by atoms with van der Waals surface area (Å²) in [5, 5.41) is 0. The molecular formula is C26H33F3O5. The first kappa shape index (κ1) is 26.3. The molecule has 1 aliphatic heterocycles. The first-order chi connectivity index (χ1) is 15.9. The third-order valence-electron chi connectivity index (χ3n) is 6.55. The number of halogens is 3. The van der Waals surface area contributed by atoms with Crippen molar-refractivity contribution >= 4 is 17.3 Å². The number of ketones is 1. The van der Waals surface area contributed by atoms with Crippen LogP contribution in [0.2, 0.25) is 0 Å². The van der Waals surface area contributed by atoms with Crippen LogP contribution in [0, 0.1) is 19.8 Å². The Labute approximate surface area is 198 Å². The average molecular weight is 483 g/mol. The molecule has 2 aliphatic rings. The van der Waals surface area contributed by atoms with Crippen molar-refractivity contribution in [2.24, 2.45) is 5.92 Å². The largest absolute Gasteiger partial charge is 0.485 e. The highest BCUT2D eigenvalue weighted by atomic mass is 19.4. The minimum absolute atomic E-state index is 0.111. The van der Waals surface area contributed by atoms with Crippen molar-refractivity contribution in [1.29, 1.82) is 0 Å². The fourth-order valence-corrected chi connectivity index (χ4v) is 4.78. The summed E-state index contributed by atoms with van der Waals surface area (Å²) in [6, 6.07) is 4.00. The van der Waals surface area contributed by atoms with Crippen molar-refractivity contribution in [2.75, 3.05) is 13.2 Å². The minimum Gasteiger partial charge on any atom is -0.485 e. The van der Waals surface area contributed by atoms with Crippen LogP contribution in [0.5, 0.6) is 0 Å². The topological polar surface area (TPSA) is 61.8 Å². The Bertz CT molecular complexity index is 969. The number of hydrogen-bond donors (Lipinski definition) is 0. The molecule has 0 aromatic heterocycles. The number of rotatable bonds is 8. The molecule has 0 atom stereocenters. The van der Waals surface area contributed by atoms with Gasteiger partial charge in [-0.3, -0.25) is 4.79 Å². The zero-order chi connectivity index (χ0) is 25.3. The molecule has 1 aromatic carbocycles. The lowest BCUT2D eigenvalue weighted by atomic mass is 9.80. The number of carbonyl (C=O) groups is 2. The van der Waals surface area contributed by atoms with E-state index in [1.165, 1.54) is 0 Å². The highest BCUT2D eigenvalue weighted by molar-refractivity contribution is 6.20. The molecular weight excluding hydrogens is 449 g/mol. The summed E-state index contributed by atoms with van der Waals surface area (Å²) in [4.78, 5) is 25.6. The lowest BCUT2D eigenvalue weighted by molar-refractivity contribution is -0.192. The molecule has 0 radical (unpaired) electrons. The molecule has 8 heteroatoms. The van der Waals surface area contributed by atoms with Gasteiger partial charge in [0.1, 0.15) is 18.8 Å². The van der Waals surface area contributed by atoms with Gasteiger partial charge in [0.15, 0.2) is 17.1 Å². The fourth-order valence-electron chi connectivity index (χ4n) is 4.78. The maximum Gasteiger partial charge on any atom is 0.411 e. The highest BCUT2D eigenvalue weighted by Gasteiger charge is 2.52. The standard InChI is InChI=1S/C26H33F3O5/c1-6-18-12-16(4)11-17(5)21(18)22-23(32-13-20(30)15(2)3)25(34-24(22)31)9-7-19(8-10-25)33-14-26(27,28)29/h11-12,15,19H,6-10,13-14H2,1-5H3. The van der Waals surface area contributed by atoms with E-state index in [1.807, 2.05) is 32.9 Å². The van der Waals surface area contributed by atoms with Gasteiger partial charge in [0.2, 0.25) is 0 Å². The third kappa shape index (κ3) is 5.65. The third-order valence-corrected chi connectivity index (χ3v) is 6.55. The van der Waals surface area contributed by atoms with E-state index in [-0.39, 0.29) is 44.0 Å². The summed E-state index contributed by atoms with van der Waals surface area (Å²) in [5.41, 5.74) is 2.90. The average Bonchev–Trinajstić information content (AvgIpc) is 3.00. The van der Waals surface area contributed by atoms with Crippen molar-refractivity contribution in [3.63, 3.8) is 0 Å². The second-order valence-corrected chi connectivity index (χ2v) is 9.59. The lowest BCUT2D eigenvalue weighted by Crippen LogP contribution is -2.40. The summed E-state index contributed by atoms with van der Waals surface area (Å²) in [6.45, 7) is 7.95. The summed E-state index contributed by atoms with van der Waals surface area (Å²) >= 11 is 0. The zero-order valence-corrected chi connectivity index (χ0v) is 20.4. The molecule has 0 amide bonds. The molecule has 1 fully saturated rings. The first-order valence-corrected chi connectivity index (χ1v) is 11.8. The Balaban J connectivity index is 1.99. The van der Waals surface area contributed by atoms with Crippen LogP contribution in [0.3, 0.4) is 0 Å². The number of esters is 1. The van der Waals surface area contributed by atoms with Gasteiger partial charge in [0.25, 0.3) is 0 Å². The number of carbonyl (C=O) groups excluding carboxylic acids is 2. The van der Waals surface area contributed by atoms with Crippen LogP contribution in [-0.4, -0.2) is 42.8 Å². The summed E-state index contributed by atoms with van der Waals surface area (Å²) in [7, 11) is 0. The Kier molecular flexibility index (Phi) is 7.80. The van der Waals surface area contributed by atoms with Crippen molar-refractivity contribution in [2.45, 2.75) is 84.6 Å². The maximum atomic E-state index is 13.3. The van der Waals surface area contributed by atoms with Gasteiger partial charge in [-0.25, -0.2) is 4.79 Å². The molecule has 1 heterocycles. The van der Waals surface area contributed by atoms with E-state index in [2.05, 4.69) is 0 Å². The SMILES string of the molecule is CCc1cc(C)cc(C)c1C1=C(OCC(=O)C(C)C)C2(CCC(OCC(F)(F)F)CC2)OC1=O. The van der Waals surface area contributed by atoms with E-state index in [1.54, 1.807) is 13.8 Å². The molecule has 0 saturated heterocycles. The van der Waals surface area contributed by atoms with Gasteiger partial charge in [-0.1, -0.05) is 38.5 Å². The van der Waals surface area contributed by atoms with Gasteiger partial charge >= 0.3 is 12.1 Å². The van der Waals surface area contributed by atoms with Crippen LogP contribution in [0.15, 0.2) is 17.9 Å². The van der Waals surface area contributed by atoms with Crippen LogP contribution in [-0.2, 0) is 30.2 Å². The van der Waals surface area contributed by atoms with E-state index in [9.17, 15) is 22.8 Å². The van der Waals surface area contributed by atoms with Crippen LogP contribution < -0.4 is 0 Å². The van der Waals surface area contributed by atoms with Crippen molar-refractivity contribution in [1.82, 2.24) is 0 Å². The Morgan fingerprint density at radius 1 is 1.21 bits per heavy atom. The molecule has 1 spiro atoms. The molecule has 0 unspecified atom stereocenters. The summed E-state index contributed by atoms with van der Waals surface area (Å²) in [5.74, 6) is -0.553. The smallest absolute Gasteiger partial charge is 0.411 e. The predicted octanol–water partition coefficient (Wildman–Crippen LogP) is 5.64. The van der Waals surface area contributed by atoms with Crippen LogP contribution in [0.1, 0.15) is 68.7 Å². The highest BCUT2D eigenvalue weighted by Crippen LogP contribution is 2.48. The number of aryl methyl sites for hydroxylation is 3. The van der Waals surface area contributed by atoms with Gasteiger partial charge in [0.05, 0.1) is 6.10 Å². The number of alkyl halides is 3. The van der Waals surface area contributed by atoms with Crippen molar-refractivity contribution < 1.29 is 37.0 Å². The molecule has 0 bridgehead atoms. The molecule has 5 nitrogen and oxygen atoms in total. The summed E-state index contributed by atoms with van der Waals surface area (Å²) in [6.07, 6.45) is -3.18. The number of benzene rings is 1. The fraction of sp³-hybridized carbons (Fsp3) is 0.615. The van der Waals surface area contributed by atoms with E-state index >= 15 is 0 Å². The normalized spacial score (nSPS) is 23.1.